The maximum Gasteiger partial charge on any atom is 0.220 e. The summed E-state index contributed by atoms with van der Waals surface area (Å²) in [4.78, 5) is 12.2. The number of aryl methyl sites for hydroxylation is 1. The first-order valence-electron chi connectivity index (χ1n) is 13.4. The van der Waals surface area contributed by atoms with Gasteiger partial charge in [0.15, 0.2) is 11.5 Å². The molecular formula is C30H46N2O5. The van der Waals surface area contributed by atoms with Crippen LogP contribution in [0.15, 0.2) is 48.5 Å². The molecule has 1 amide bonds. The molecule has 7 heteroatoms. The third-order valence-electron chi connectivity index (χ3n) is 6.71. The van der Waals surface area contributed by atoms with Gasteiger partial charge in [0.25, 0.3) is 0 Å². The molecule has 0 aromatic heterocycles. The number of hydrogen-bond donors (Lipinski definition) is 3. The zero-order valence-corrected chi connectivity index (χ0v) is 22.9. The lowest BCUT2D eigenvalue weighted by Gasteiger charge is -2.27. The molecule has 0 bridgehead atoms. The molecule has 0 saturated heterocycles. The minimum atomic E-state index is -0.796. The average Bonchev–Trinajstić information content (AvgIpc) is 2.90. The molecule has 206 valence electrons. The van der Waals surface area contributed by atoms with E-state index in [4.69, 9.17) is 19.9 Å². The molecule has 0 heterocycles. The Morgan fingerprint density at radius 3 is 2.43 bits per heavy atom. The quantitative estimate of drug-likeness (QED) is 0.258. The third-order valence-corrected chi connectivity index (χ3v) is 6.71. The Morgan fingerprint density at radius 1 is 1.00 bits per heavy atom. The summed E-state index contributed by atoms with van der Waals surface area (Å²) in [5.41, 5.74) is 8.74. The van der Waals surface area contributed by atoms with E-state index < -0.39 is 12.1 Å². The highest BCUT2D eigenvalue weighted by atomic mass is 16.5. The summed E-state index contributed by atoms with van der Waals surface area (Å²) < 4.78 is 16.5. The minimum Gasteiger partial charge on any atom is -0.493 e. The number of benzene rings is 2. The van der Waals surface area contributed by atoms with Gasteiger partial charge in [-0.1, -0.05) is 50.2 Å². The van der Waals surface area contributed by atoms with Crippen molar-refractivity contribution in [3.8, 4) is 11.5 Å². The number of aliphatic hydroxyl groups excluding tert-OH is 1. The van der Waals surface area contributed by atoms with E-state index in [-0.39, 0.29) is 18.4 Å². The van der Waals surface area contributed by atoms with E-state index in [0.717, 1.165) is 37.0 Å². The first-order chi connectivity index (χ1) is 17.8. The summed E-state index contributed by atoms with van der Waals surface area (Å²) in [7, 11) is 3.31. The van der Waals surface area contributed by atoms with E-state index >= 15 is 0 Å². The van der Waals surface area contributed by atoms with Crippen molar-refractivity contribution in [1.82, 2.24) is 5.32 Å². The molecule has 0 aliphatic rings. The second kappa shape index (κ2) is 17.0. The van der Waals surface area contributed by atoms with Gasteiger partial charge in [-0.15, -0.1) is 0 Å². The smallest absolute Gasteiger partial charge is 0.220 e. The zero-order valence-electron chi connectivity index (χ0n) is 22.9. The number of carbonyl (C=O) groups is 1. The normalized spacial score (nSPS) is 13.7. The second-order valence-corrected chi connectivity index (χ2v) is 10.00. The second-order valence-electron chi connectivity index (χ2n) is 10.00. The van der Waals surface area contributed by atoms with Crippen LogP contribution >= 0.6 is 0 Å². The van der Waals surface area contributed by atoms with Gasteiger partial charge in [-0.3, -0.25) is 4.79 Å². The summed E-state index contributed by atoms with van der Waals surface area (Å²) >= 11 is 0. The van der Waals surface area contributed by atoms with Crippen molar-refractivity contribution >= 4 is 5.91 Å². The molecule has 2 aromatic rings. The molecule has 2 rings (SSSR count). The fourth-order valence-corrected chi connectivity index (χ4v) is 4.30. The fourth-order valence-electron chi connectivity index (χ4n) is 4.30. The maximum absolute atomic E-state index is 12.2. The van der Waals surface area contributed by atoms with Gasteiger partial charge < -0.3 is 30.4 Å². The Labute approximate surface area is 222 Å². The number of ether oxygens (including phenoxy) is 3. The average molecular weight is 515 g/mol. The van der Waals surface area contributed by atoms with Crippen molar-refractivity contribution in [2.24, 2.45) is 17.6 Å². The van der Waals surface area contributed by atoms with Gasteiger partial charge in [-0.05, 0) is 60.8 Å². The Bertz CT molecular complexity index is 906. The Hall–Kier alpha value is -2.61. The van der Waals surface area contributed by atoms with E-state index in [9.17, 15) is 9.90 Å². The molecule has 3 atom stereocenters. The van der Waals surface area contributed by atoms with Gasteiger partial charge in [-0.25, -0.2) is 0 Å². The topological polar surface area (TPSA) is 103 Å². The number of rotatable bonds is 18. The van der Waals surface area contributed by atoms with Crippen molar-refractivity contribution in [2.45, 2.75) is 64.5 Å². The molecule has 0 unspecified atom stereocenters. The molecule has 2 aromatic carbocycles. The van der Waals surface area contributed by atoms with E-state index in [1.807, 2.05) is 36.4 Å². The highest BCUT2D eigenvalue weighted by Crippen LogP contribution is 2.31. The van der Waals surface area contributed by atoms with Crippen LogP contribution in [0.2, 0.25) is 0 Å². The molecule has 7 nitrogen and oxygen atoms in total. The predicted octanol–water partition coefficient (Wildman–Crippen LogP) is 4.14. The van der Waals surface area contributed by atoms with Crippen LogP contribution in [-0.2, 0) is 22.4 Å². The van der Waals surface area contributed by atoms with Crippen LogP contribution in [0, 0.1) is 11.8 Å². The number of carbonyl (C=O) groups excluding carboxylic acids is 1. The van der Waals surface area contributed by atoms with Crippen molar-refractivity contribution in [3.05, 3.63) is 59.7 Å². The fraction of sp³-hybridized carbons (Fsp3) is 0.567. The number of nitrogens with one attached hydrogen (secondary N) is 1. The molecule has 0 radical (unpaired) electrons. The van der Waals surface area contributed by atoms with Gasteiger partial charge in [0.1, 0.15) is 0 Å². The summed E-state index contributed by atoms with van der Waals surface area (Å²) in [6, 6.07) is 15.7. The largest absolute Gasteiger partial charge is 0.493 e. The third kappa shape index (κ3) is 11.5. The molecule has 0 aliphatic heterocycles. The van der Waals surface area contributed by atoms with Gasteiger partial charge in [0, 0.05) is 39.1 Å². The van der Waals surface area contributed by atoms with Gasteiger partial charge in [0.2, 0.25) is 5.91 Å². The van der Waals surface area contributed by atoms with Crippen LogP contribution < -0.4 is 20.5 Å². The van der Waals surface area contributed by atoms with Crippen LogP contribution in [0.5, 0.6) is 11.5 Å². The first kappa shape index (κ1) is 30.6. The Morgan fingerprint density at radius 2 is 1.76 bits per heavy atom. The molecular weight excluding hydrogens is 468 g/mol. The number of hydrogen-bond acceptors (Lipinski definition) is 6. The van der Waals surface area contributed by atoms with Crippen molar-refractivity contribution in [1.29, 1.82) is 0 Å². The lowest BCUT2D eigenvalue weighted by atomic mass is 9.83. The molecule has 0 spiro atoms. The van der Waals surface area contributed by atoms with Crippen LogP contribution in [0.25, 0.3) is 0 Å². The SMILES string of the molecule is COCCCOc1cc(C[C@@H](C[C@H](N)[C@@H](O)CNC(=O)CCCc2ccccc2)C(C)C)ccc1OC. The monoisotopic (exact) mass is 514 g/mol. The molecule has 0 aliphatic carbocycles. The van der Waals surface area contributed by atoms with E-state index in [0.29, 0.717) is 37.7 Å². The van der Waals surface area contributed by atoms with E-state index in [2.05, 4.69) is 31.3 Å². The van der Waals surface area contributed by atoms with Crippen LogP contribution in [0.1, 0.15) is 50.7 Å². The van der Waals surface area contributed by atoms with Gasteiger partial charge >= 0.3 is 0 Å². The van der Waals surface area contributed by atoms with Gasteiger partial charge in [0.05, 0.1) is 19.8 Å². The van der Waals surface area contributed by atoms with Gasteiger partial charge in [-0.2, -0.15) is 0 Å². The summed E-state index contributed by atoms with van der Waals surface area (Å²) in [5.74, 6) is 2.01. The lowest BCUT2D eigenvalue weighted by molar-refractivity contribution is -0.121. The number of amides is 1. The van der Waals surface area contributed by atoms with Crippen molar-refractivity contribution < 1.29 is 24.1 Å². The molecule has 4 N–H and O–H groups in total. The highest BCUT2D eigenvalue weighted by Gasteiger charge is 2.23. The highest BCUT2D eigenvalue weighted by molar-refractivity contribution is 5.75. The molecule has 0 saturated carbocycles. The molecule has 0 fully saturated rings. The first-order valence-corrected chi connectivity index (χ1v) is 13.4. The summed E-state index contributed by atoms with van der Waals surface area (Å²) in [5, 5.41) is 13.5. The standard InChI is InChI=1S/C30H46N2O5/c1-22(2)25(18-24-14-15-28(36-4)29(19-24)37-17-9-16-35-3)20-26(31)27(33)21-32-30(34)13-8-12-23-10-6-5-7-11-23/h5-7,10-11,14-15,19,22,25-27,33H,8-9,12-13,16-18,20-21,31H2,1-4H3,(H,32,34)/t25-,26-,27-/m0/s1. The van der Waals surface area contributed by atoms with E-state index in [1.54, 1.807) is 14.2 Å². The zero-order chi connectivity index (χ0) is 27.0. The maximum atomic E-state index is 12.2. The number of methoxy groups -OCH3 is 2. The number of nitrogens with two attached hydrogens (primary N) is 1. The summed E-state index contributed by atoms with van der Waals surface area (Å²) in [6.45, 7) is 5.70. The van der Waals surface area contributed by atoms with Crippen molar-refractivity contribution in [2.75, 3.05) is 34.0 Å². The number of aliphatic hydroxyl groups is 1. The lowest BCUT2D eigenvalue weighted by Crippen LogP contribution is -2.44. The van der Waals surface area contributed by atoms with Crippen LogP contribution in [0.4, 0.5) is 0 Å². The summed E-state index contributed by atoms with van der Waals surface area (Å²) in [6.07, 6.45) is 3.52. The predicted molar refractivity (Wildman–Crippen MR) is 148 cm³/mol. The van der Waals surface area contributed by atoms with Crippen LogP contribution in [-0.4, -0.2) is 57.1 Å². The Kier molecular flexibility index (Phi) is 14.1. The Balaban J connectivity index is 1.83. The van der Waals surface area contributed by atoms with E-state index in [1.165, 1.54) is 5.56 Å². The van der Waals surface area contributed by atoms with Crippen molar-refractivity contribution in [3.63, 3.8) is 0 Å². The minimum absolute atomic E-state index is 0.0566. The molecule has 37 heavy (non-hydrogen) atoms. The van der Waals surface area contributed by atoms with Crippen LogP contribution in [0.3, 0.4) is 0 Å².